The number of carbonyl (C=O) groups excluding carboxylic acids is 1. The Bertz CT molecular complexity index is 646. The molecule has 0 fully saturated rings. The van der Waals surface area contributed by atoms with Crippen LogP contribution in [0.5, 0.6) is 0 Å². The number of rotatable bonds is 5. The van der Waals surface area contributed by atoms with E-state index in [1.165, 1.54) is 14.0 Å². The average Bonchev–Trinajstić information content (AvgIpc) is 2.78. The summed E-state index contributed by atoms with van der Waals surface area (Å²) in [6.45, 7) is 1.60. The number of aliphatic carboxylic acids is 1. The van der Waals surface area contributed by atoms with Crippen molar-refractivity contribution in [3.05, 3.63) is 35.6 Å². The molecule has 6 nitrogen and oxygen atoms in total. The molecule has 1 heterocycles. The third-order valence-corrected chi connectivity index (χ3v) is 2.91. The number of fused-ring (bicyclic) bond motifs is 1. The van der Waals surface area contributed by atoms with Crippen LogP contribution in [0.15, 0.2) is 28.7 Å². The van der Waals surface area contributed by atoms with E-state index in [-0.39, 0.29) is 12.4 Å². The Morgan fingerprint density at radius 2 is 2.10 bits per heavy atom. The number of methoxy groups -OCH3 is 1. The molecule has 0 aliphatic rings. The van der Waals surface area contributed by atoms with Crippen LogP contribution < -0.4 is 5.32 Å². The smallest absolute Gasteiger partial charge is 0.325 e. The highest BCUT2D eigenvalue weighted by Gasteiger charge is 2.23. The van der Waals surface area contributed by atoms with Crippen molar-refractivity contribution < 1.29 is 23.8 Å². The van der Waals surface area contributed by atoms with Crippen LogP contribution in [0.1, 0.15) is 23.0 Å². The second-order valence-electron chi connectivity index (χ2n) is 4.37. The third-order valence-electron chi connectivity index (χ3n) is 2.91. The lowest BCUT2D eigenvalue weighted by atomic mass is 10.1. The fourth-order valence-electron chi connectivity index (χ4n) is 1.89. The minimum absolute atomic E-state index is 0.0844. The summed E-state index contributed by atoms with van der Waals surface area (Å²) in [7, 11) is 1.52. The van der Waals surface area contributed by atoms with Crippen LogP contribution >= 0.6 is 0 Å². The molecule has 2 rings (SSSR count). The Hall–Kier alpha value is -2.34. The molecule has 0 saturated heterocycles. The number of furan rings is 1. The third kappa shape index (κ3) is 2.65. The van der Waals surface area contributed by atoms with Gasteiger partial charge in [-0.05, 0) is 13.0 Å². The normalized spacial score (nSPS) is 12.3. The molecule has 20 heavy (non-hydrogen) atoms. The molecule has 0 saturated carbocycles. The van der Waals surface area contributed by atoms with E-state index in [1.54, 1.807) is 12.1 Å². The maximum Gasteiger partial charge on any atom is 0.325 e. The molecule has 0 aliphatic heterocycles. The number of hydrogen-bond acceptors (Lipinski definition) is 4. The van der Waals surface area contributed by atoms with Crippen LogP contribution in [0.25, 0.3) is 11.0 Å². The lowest BCUT2D eigenvalue weighted by Gasteiger charge is -2.08. The van der Waals surface area contributed by atoms with Gasteiger partial charge in [0.2, 0.25) is 0 Å². The van der Waals surface area contributed by atoms with Crippen LogP contribution in [-0.4, -0.2) is 30.1 Å². The van der Waals surface area contributed by atoms with Crippen molar-refractivity contribution in [1.82, 2.24) is 5.32 Å². The number of benzene rings is 1. The molecule has 1 aromatic heterocycles. The van der Waals surface area contributed by atoms with E-state index in [0.717, 1.165) is 5.39 Å². The molecule has 106 valence electrons. The molecule has 1 aromatic carbocycles. The molecule has 1 amide bonds. The molecule has 0 bridgehead atoms. The summed E-state index contributed by atoms with van der Waals surface area (Å²) >= 11 is 0. The second kappa shape index (κ2) is 5.75. The van der Waals surface area contributed by atoms with Gasteiger partial charge in [0.25, 0.3) is 5.91 Å². The Labute approximate surface area is 115 Å². The van der Waals surface area contributed by atoms with Crippen molar-refractivity contribution in [3.8, 4) is 0 Å². The average molecular weight is 277 g/mol. The maximum absolute atomic E-state index is 12.1. The lowest BCUT2D eigenvalue weighted by Crippen LogP contribution is -2.38. The predicted molar refractivity (Wildman–Crippen MR) is 71.5 cm³/mol. The van der Waals surface area contributed by atoms with Crippen LogP contribution in [-0.2, 0) is 16.1 Å². The van der Waals surface area contributed by atoms with Crippen molar-refractivity contribution in [2.75, 3.05) is 7.11 Å². The number of nitrogens with one attached hydrogen (secondary N) is 1. The molecule has 0 radical (unpaired) electrons. The Kier molecular flexibility index (Phi) is 4.05. The van der Waals surface area contributed by atoms with Gasteiger partial charge in [-0.15, -0.1) is 0 Å². The number of carboxylic acids is 1. The summed E-state index contributed by atoms with van der Waals surface area (Å²) in [4.78, 5) is 22.9. The van der Waals surface area contributed by atoms with Crippen molar-refractivity contribution in [3.63, 3.8) is 0 Å². The van der Waals surface area contributed by atoms with Gasteiger partial charge in [-0.1, -0.05) is 18.2 Å². The number of amides is 1. The largest absolute Gasteiger partial charge is 0.480 e. The van der Waals surface area contributed by atoms with Crippen LogP contribution in [0.3, 0.4) is 0 Å². The molecule has 2 N–H and O–H groups in total. The first-order valence-electron chi connectivity index (χ1n) is 6.07. The Balaban J connectivity index is 2.39. The highest BCUT2D eigenvalue weighted by Crippen LogP contribution is 2.26. The van der Waals surface area contributed by atoms with Crippen molar-refractivity contribution in [2.45, 2.75) is 19.6 Å². The number of hydrogen-bond donors (Lipinski definition) is 2. The summed E-state index contributed by atoms with van der Waals surface area (Å²) in [6, 6.07) is 6.20. The number of carboxylic acid groups (broad SMARTS) is 1. The predicted octanol–water partition coefficient (Wildman–Crippen LogP) is 1.78. The van der Waals surface area contributed by atoms with Crippen LogP contribution in [0.4, 0.5) is 0 Å². The van der Waals surface area contributed by atoms with E-state index in [2.05, 4.69) is 5.32 Å². The van der Waals surface area contributed by atoms with Crippen LogP contribution in [0, 0.1) is 0 Å². The number of ether oxygens (including phenoxy) is 1. The molecule has 2 aromatic rings. The SMILES string of the molecule is COCc1c(C(=O)N[C@H](C)C(=O)O)oc2ccccc12. The van der Waals surface area contributed by atoms with Gasteiger partial charge in [-0.25, -0.2) is 0 Å². The highest BCUT2D eigenvalue weighted by molar-refractivity contribution is 6.00. The van der Waals surface area contributed by atoms with E-state index >= 15 is 0 Å². The maximum atomic E-state index is 12.1. The van der Waals surface area contributed by atoms with Crippen molar-refractivity contribution in [1.29, 1.82) is 0 Å². The van der Waals surface area contributed by atoms with Gasteiger partial charge in [0.1, 0.15) is 11.6 Å². The first-order chi connectivity index (χ1) is 9.54. The number of para-hydroxylation sites is 1. The monoisotopic (exact) mass is 277 g/mol. The zero-order chi connectivity index (χ0) is 14.7. The van der Waals surface area contributed by atoms with Gasteiger partial charge in [-0.2, -0.15) is 0 Å². The fraction of sp³-hybridized carbons (Fsp3) is 0.286. The molecular formula is C14H15NO5. The Morgan fingerprint density at radius 3 is 2.75 bits per heavy atom. The quantitative estimate of drug-likeness (QED) is 0.869. The van der Waals surface area contributed by atoms with Gasteiger partial charge >= 0.3 is 5.97 Å². The molecule has 0 unspecified atom stereocenters. The van der Waals surface area contributed by atoms with Gasteiger partial charge in [0.15, 0.2) is 5.76 Å². The van der Waals surface area contributed by atoms with Gasteiger partial charge < -0.3 is 19.6 Å². The van der Waals surface area contributed by atoms with E-state index in [4.69, 9.17) is 14.3 Å². The summed E-state index contributed by atoms with van der Waals surface area (Å²) in [5.74, 6) is -1.59. The van der Waals surface area contributed by atoms with E-state index in [9.17, 15) is 9.59 Å². The summed E-state index contributed by atoms with van der Waals surface area (Å²) in [5, 5.41) is 12.0. The minimum atomic E-state index is -1.11. The molecular weight excluding hydrogens is 262 g/mol. The summed E-state index contributed by atoms with van der Waals surface area (Å²) in [6.07, 6.45) is 0. The van der Waals surface area contributed by atoms with E-state index in [1.807, 2.05) is 12.1 Å². The zero-order valence-corrected chi connectivity index (χ0v) is 11.2. The van der Waals surface area contributed by atoms with E-state index < -0.39 is 17.9 Å². The second-order valence-corrected chi connectivity index (χ2v) is 4.37. The van der Waals surface area contributed by atoms with E-state index in [0.29, 0.717) is 11.1 Å². The highest BCUT2D eigenvalue weighted by atomic mass is 16.5. The van der Waals surface area contributed by atoms with Gasteiger partial charge in [0, 0.05) is 18.1 Å². The molecule has 0 spiro atoms. The topological polar surface area (TPSA) is 88.8 Å². The first kappa shape index (κ1) is 14.1. The molecule has 6 heteroatoms. The zero-order valence-electron chi connectivity index (χ0n) is 11.2. The molecule has 0 aliphatic carbocycles. The van der Waals surface area contributed by atoms with Gasteiger partial charge in [0.05, 0.1) is 6.61 Å². The van der Waals surface area contributed by atoms with Crippen LogP contribution in [0.2, 0.25) is 0 Å². The van der Waals surface area contributed by atoms with Gasteiger partial charge in [-0.3, -0.25) is 9.59 Å². The molecule has 1 atom stereocenters. The van der Waals surface area contributed by atoms with Crippen molar-refractivity contribution in [2.24, 2.45) is 0 Å². The standard InChI is InChI=1S/C14H15NO5/c1-8(14(17)18)15-13(16)12-10(7-19-2)9-5-3-4-6-11(9)20-12/h3-6,8H,7H2,1-2H3,(H,15,16)(H,17,18)/t8-/m1/s1. The summed E-state index contributed by atoms with van der Waals surface area (Å²) < 4.78 is 10.6. The number of carbonyl (C=O) groups is 2. The van der Waals surface area contributed by atoms with Crippen molar-refractivity contribution >= 4 is 22.8 Å². The summed E-state index contributed by atoms with van der Waals surface area (Å²) in [5.41, 5.74) is 1.17. The minimum Gasteiger partial charge on any atom is -0.480 e. The fourth-order valence-corrected chi connectivity index (χ4v) is 1.89. The first-order valence-corrected chi connectivity index (χ1v) is 6.07. The Morgan fingerprint density at radius 1 is 1.40 bits per heavy atom. The lowest BCUT2D eigenvalue weighted by molar-refractivity contribution is -0.138.